The SMILES string of the molecule is CCCNNC(=O)c1ccc(-c2ccc(C(=O)NCCOCCNc3cccc4c3C(=O)N(C3CCC(=O)NC3)C4=O)cc2)cc1. The fraction of sp³-hybridized carbons (Fsp3) is 0.324. The fourth-order valence-corrected chi connectivity index (χ4v) is 5.39. The fourth-order valence-electron chi connectivity index (χ4n) is 5.39. The van der Waals surface area contributed by atoms with Gasteiger partial charge in [0.15, 0.2) is 0 Å². The molecule has 1 unspecified atom stereocenters. The Morgan fingerprint density at radius 2 is 1.52 bits per heavy atom. The monoisotopic (exact) mass is 626 g/mol. The van der Waals surface area contributed by atoms with Gasteiger partial charge >= 0.3 is 0 Å². The van der Waals surface area contributed by atoms with E-state index in [0.29, 0.717) is 67.2 Å². The molecule has 3 aromatic carbocycles. The highest BCUT2D eigenvalue weighted by Crippen LogP contribution is 2.32. The second-order valence-electron chi connectivity index (χ2n) is 11.0. The first-order chi connectivity index (χ1) is 22.4. The number of hydrogen-bond acceptors (Lipinski definition) is 8. The minimum atomic E-state index is -0.362. The van der Waals surface area contributed by atoms with E-state index in [0.717, 1.165) is 17.5 Å². The number of nitrogens with zero attached hydrogens (tertiary/aromatic N) is 1. The molecular weight excluding hydrogens is 588 g/mol. The number of carbonyl (C=O) groups excluding carboxylic acids is 5. The van der Waals surface area contributed by atoms with Gasteiger partial charge in [-0.05, 0) is 60.4 Å². The number of hydrogen-bond donors (Lipinski definition) is 5. The van der Waals surface area contributed by atoms with E-state index in [-0.39, 0.29) is 48.5 Å². The van der Waals surface area contributed by atoms with Crippen molar-refractivity contribution < 1.29 is 28.7 Å². The molecule has 0 radical (unpaired) electrons. The molecule has 1 fully saturated rings. The number of nitrogens with one attached hydrogen (secondary N) is 5. The summed E-state index contributed by atoms with van der Waals surface area (Å²) >= 11 is 0. The number of hydrazine groups is 1. The van der Waals surface area contributed by atoms with Crippen LogP contribution in [0.25, 0.3) is 11.1 Å². The first-order valence-electron chi connectivity index (χ1n) is 15.5. The molecule has 5 amide bonds. The zero-order chi connectivity index (χ0) is 32.5. The number of fused-ring (bicyclic) bond motifs is 1. The van der Waals surface area contributed by atoms with Crippen molar-refractivity contribution in [1.82, 2.24) is 26.4 Å². The summed E-state index contributed by atoms with van der Waals surface area (Å²) in [6.07, 6.45) is 1.64. The van der Waals surface area contributed by atoms with Crippen molar-refractivity contribution in [2.75, 3.05) is 44.7 Å². The third-order valence-corrected chi connectivity index (χ3v) is 7.85. The minimum absolute atomic E-state index is 0.0770. The van der Waals surface area contributed by atoms with Crippen molar-refractivity contribution in [1.29, 1.82) is 0 Å². The van der Waals surface area contributed by atoms with Crippen LogP contribution in [0.4, 0.5) is 5.69 Å². The molecule has 2 heterocycles. The van der Waals surface area contributed by atoms with Crippen molar-refractivity contribution >= 4 is 35.2 Å². The lowest BCUT2D eigenvalue weighted by atomic mass is 10.0. The van der Waals surface area contributed by atoms with Gasteiger partial charge in [0.1, 0.15) is 0 Å². The van der Waals surface area contributed by atoms with Gasteiger partial charge in [-0.1, -0.05) is 37.3 Å². The Morgan fingerprint density at radius 1 is 0.848 bits per heavy atom. The molecule has 2 aliphatic rings. The first kappa shape index (κ1) is 32.3. The highest BCUT2D eigenvalue weighted by atomic mass is 16.5. The zero-order valence-electron chi connectivity index (χ0n) is 25.7. The Labute approximate surface area is 267 Å². The van der Waals surface area contributed by atoms with Gasteiger partial charge in [0, 0.05) is 49.4 Å². The normalized spacial score (nSPS) is 15.7. The maximum atomic E-state index is 13.2. The first-order valence-corrected chi connectivity index (χ1v) is 15.5. The van der Waals surface area contributed by atoms with Crippen LogP contribution in [0.5, 0.6) is 0 Å². The zero-order valence-corrected chi connectivity index (χ0v) is 25.7. The van der Waals surface area contributed by atoms with Crippen LogP contribution in [-0.4, -0.2) is 79.9 Å². The number of carbonyl (C=O) groups is 5. The molecule has 0 bridgehead atoms. The van der Waals surface area contributed by atoms with Gasteiger partial charge in [-0.2, -0.15) is 0 Å². The Hall–Kier alpha value is -5.07. The maximum Gasteiger partial charge on any atom is 0.265 e. The van der Waals surface area contributed by atoms with Gasteiger partial charge in [-0.3, -0.25) is 34.3 Å². The molecule has 5 rings (SSSR count). The van der Waals surface area contributed by atoms with Gasteiger partial charge < -0.3 is 20.7 Å². The van der Waals surface area contributed by atoms with Crippen LogP contribution in [0.3, 0.4) is 0 Å². The van der Waals surface area contributed by atoms with E-state index >= 15 is 0 Å². The summed E-state index contributed by atoms with van der Waals surface area (Å²) in [5.41, 5.74) is 9.70. The summed E-state index contributed by atoms with van der Waals surface area (Å²) in [5, 5.41) is 8.76. The molecule has 0 spiro atoms. The van der Waals surface area contributed by atoms with Crippen molar-refractivity contribution in [2.24, 2.45) is 0 Å². The van der Waals surface area contributed by atoms with Crippen molar-refractivity contribution in [3.63, 3.8) is 0 Å². The van der Waals surface area contributed by atoms with E-state index in [9.17, 15) is 24.0 Å². The Morgan fingerprint density at radius 3 is 2.17 bits per heavy atom. The Bertz CT molecular complexity index is 1580. The Balaban J connectivity index is 1.02. The predicted octanol–water partition coefficient (Wildman–Crippen LogP) is 2.73. The molecule has 2 aliphatic heterocycles. The quantitative estimate of drug-likeness (QED) is 0.104. The van der Waals surface area contributed by atoms with Crippen molar-refractivity contribution in [3.8, 4) is 11.1 Å². The van der Waals surface area contributed by atoms with E-state index < -0.39 is 0 Å². The van der Waals surface area contributed by atoms with E-state index in [1.54, 1.807) is 42.5 Å². The Kier molecular flexibility index (Phi) is 10.7. The topological polar surface area (TPSA) is 158 Å². The van der Waals surface area contributed by atoms with Crippen LogP contribution in [0, 0.1) is 0 Å². The van der Waals surface area contributed by atoms with Gasteiger partial charge in [0.05, 0.1) is 30.4 Å². The molecule has 0 saturated carbocycles. The molecule has 1 atom stereocenters. The van der Waals surface area contributed by atoms with Crippen LogP contribution >= 0.6 is 0 Å². The number of rotatable bonds is 14. The molecule has 12 heteroatoms. The van der Waals surface area contributed by atoms with E-state index in [4.69, 9.17) is 4.74 Å². The number of anilines is 1. The lowest BCUT2D eigenvalue weighted by Crippen LogP contribution is -2.50. The van der Waals surface area contributed by atoms with Crippen LogP contribution in [0.2, 0.25) is 0 Å². The molecule has 46 heavy (non-hydrogen) atoms. The standard InChI is InChI=1S/C34H38N6O6/c1-2-16-38-39-32(43)25-12-8-23(9-13-25)22-6-10-24(11-7-22)31(42)36-18-20-46-19-17-35-28-5-3-4-27-30(28)34(45)40(33(27)44)26-14-15-29(41)37-21-26/h3-13,26,35,38H,2,14-21H2,1H3,(H,36,42)(H,37,41)(H,39,43). The van der Waals surface area contributed by atoms with Crippen LogP contribution in [0.1, 0.15) is 67.6 Å². The highest BCUT2D eigenvalue weighted by Gasteiger charge is 2.42. The summed E-state index contributed by atoms with van der Waals surface area (Å²) in [5.74, 6) is -1.20. The average Bonchev–Trinajstić information content (AvgIpc) is 3.34. The summed E-state index contributed by atoms with van der Waals surface area (Å²) < 4.78 is 5.65. The van der Waals surface area contributed by atoms with Crippen molar-refractivity contribution in [3.05, 3.63) is 89.0 Å². The number of piperidine rings is 1. The van der Waals surface area contributed by atoms with Crippen molar-refractivity contribution in [2.45, 2.75) is 32.2 Å². The molecule has 240 valence electrons. The number of benzene rings is 3. The van der Waals surface area contributed by atoms with E-state index in [1.165, 1.54) is 4.90 Å². The second-order valence-corrected chi connectivity index (χ2v) is 11.0. The molecule has 3 aromatic rings. The minimum Gasteiger partial charge on any atom is -0.382 e. The molecule has 0 aromatic heterocycles. The lowest BCUT2D eigenvalue weighted by molar-refractivity contribution is -0.123. The molecule has 12 nitrogen and oxygen atoms in total. The molecule has 0 aliphatic carbocycles. The molecular formula is C34H38N6O6. The molecule has 1 saturated heterocycles. The largest absolute Gasteiger partial charge is 0.382 e. The van der Waals surface area contributed by atoms with Gasteiger partial charge in [-0.15, -0.1) is 0 Å². The van der Waals surface area contributed by atoms with Crippen LogP contribution in [0.15, 0.2) is 66.7 Å². The van der Waals surface area contributed by atoms with E-state index in [2.05, 4.69) is 26.8 Å². The summed E-state index contributed by atoms with van der Waals surface area (Å²) in [4.78, 5) is 63.7. The lowest BCUT2D eigenvalue weighted by Gasteiger charge is -2.29. The maximum absolute atomic E-state index is 13.2. The summed E-state index contributed by atoms with van der Waals surface area (Å²) in [6.45, 7) is 4.31. The summed E-state index contributed by atoms with van der Waals surface area (Å²) in [7, 11) is 0. The third kappa shape index (κ3) is 7.59. The van der Waals surface area contributed by atoms with Gasteiger partial charge in [-0.25, -0.2) is 5.43 Å². The third-order valence-electron chi connectivity index (χ3n) is 7.85. The number of ether oxygens (including phenoxy) is 1. The number of imide groups is 1. The van der Waals surface area contributed by atoms with Gasteiger partial charge in [0.2, 0.25) is 5.91 Å². The summed E-state index contributed by atoms with van der Waals surface area (Å²) in [6, 6.07) is 19.2. The van der Waals surface area contributed by atoms with Crippen LogP contribution in [-0.2, 0) is 9.53 Å². The molecule has 5 N–H and O–H groups in total. The highest BCUT2D eigenvalue weighted by molar-refractivity contribution is 6.24. The smallest absolute Gasteiger partial charge is 0.265 e. The average molecular weight is 627 g/mol. The predicted molar refractivity (Wildman–Crippen MR) is 172 cm³/mol. The van der Waals surface area contributed by atoms with Crippen LogP contribution < -0.4 is 26.8 Å². The van der Waals surface area contributed by atoms with E-state index in [1.807, 2.05) is 31.2 Å². The van der Waals surface area contributed by atoms with Gasteiger partial charge in [0.25, 0.3) is 23.6 Å². The number of amides is 5. The second kappa shape index (κ2) is 15.3.